The van der Waals surface area contributed by atoms with E-state index < -0.39 is 0 Å². The molecule has 0 aliphatic carbocycles. The molecule has 1 aromatic heterocycles. The minimum Gasteiger partial charge on any atom is -0.349 e. The summed E-state index contributed by atoms with van der Waals surface area (Å²) in [5, 5.41) is 2.74. The van der Waals surface area contributed by atoms with Crippen LogP contribution in [0.3, 0.4) is 0 Å². The van der Waals surface area contributed by atoms with E-state index in [2.05, 4.69) is 32.9 Å². The van der Waals surface area contributed by atoms with Crippen LogP contribution in [0.15, 0.2) is 29.8 Å². The van der Waals surface area contributed by atoms with Crippen molar-refractivity contribution in [1.29, 1.82) is 0 Å². The van der Waals surface area contributed by atoms with Gasteiger partial charge in [-0.05, 0) is 40.3 Å². The van der Waals surface area contributed by atoms with Gasteiger partial charge in [-0.1, -0.05) is 12.1 Å². The molecule has 0 radical (unpaired) electrons. The van der Waals surface area contributed by atoms with Gasteiger partial charge in [-0.25, -0.2) is 4.98 Å². The van der Waals surface area contributed by atoms with Crippen LogP contribution in [0.5, 0.6) is 0 Å². The second-order valence-electron chi connectivity index (χ2n) is 3.59. The van der Waals surface area contributed by atoms with Crippen molar-refractivity contribution in [1.82, 2.24) is 10.3 Å². The van der Waals surface area contributed by atoms with Gasteiger partial charge in [-0.15, -0.1) is 23.7 Å². The summed E-state index contributed by atoms with van der Waals surface area (Å²) >= 11 is 3.72. The molecule has 0 saturated heterocycles. The molecule has 0 bridgehead atoms. The van der Waals surface area contributed by atoms with Gasteiger partial charge in [0.1, 0.15) is 5.69 Å². The van der Waals surface area contributed by atoms with Crippen molar-refractivity contribution in [2.45, 2.75) is 0 Å². The summed E-state index contributed by atoms with van der Waals surface area (Å²) in [6.07, 6.45) is 0. The summed E-state index contributed by atoms with van der Waals surface area (Å²) < 4.78 is 1.13. The molecule has 19 heavy (non-hydrogen) atoms. The first-order valence-electron chi connectivity index (χ1n) is 5.40. The quantitative estimate of drug-likeness (QED) is 0.763. The van der Waals surface area contributed by atoms with Gasteiger partial charge in [0, 0.05) is 16.7 Å². The Morgan fingerprint density at radius 1 is 1.47 bits per heavy atom. The summed E-state index contributed by atoms with van der Waals surface area (Å²) in [5.41, 5.74) is 8.54. The van der Waals surface area contributed by atoms with Crippen LogP contribution < -0.4 is 11.1 Å². The van der Waals surface area contributed by atoms with Gasteiger partial charge in [-0.2, -0.15) is 0 Å². The van der Waals surface area contributed by atoms with E-state index in [1.54, 1.807) is 5.51 Å². The fourth-order valence-electron chi connectivity index (χ4n) is 1.51. The number of aromatic nitrogens is 1. The molecular formula is C12H13ClIN3OS. The molecule has 0 aliphatic heterocycles. The molecule has 4 nitrogen and oxygen atoms in total. The van der Waals surface area contributed by atoms with Crippen molar-refractivity contribution < 1.29 is 4.79 Å². The van der Waals surface area contributed by atoms with Gasteiger partial charge in [0.25, 0.3) is 5.91 Å². The van der Waals surface area contributed by atoms with Crippen molar-refractivity contribution >= 4 is 52.2 Å². The zero-order valence-corrected chi connectivity index (χ0v) is 13.7. The Hall–Kier alpha value is -0.700. The number of carbonyl (C=O) groups is 1. The standard InChI is InChI=1S/C12H12IN3OS.ClH/c13-9-3-1-2-8(6-9)11-10(16-7-18-11)12(17)15-5-4-14;/h1-3,6-7H,4-5,14H2,(H,15,17);1H. The van der Waals surface area contributed by atoms with Gasteiger partial charge < -0.3 is 11.1 Å². The molecule has 1 heterocycles. The molecule has 2 aromatic rings. The van der Waals surface area contributed by atoms with E-state index >= 15 is 0 Å². The number of nitrogens with one attached hydrogen (secondary N) is 1. The van der Waals surface area contributed by atoms with Crippen LogP contribution >= 0.6 is 46.3 Å². The van der Waals surface area contributed by atoms with Crippen LogP contribution in [0.2, 0.25) is 0 Å². The number of nitrogens with zero attached hydrogens (tertiary/aromatic N) is 1. The van der Waals surface area contributed by atoms with Gasteiger partial charge in [0.05, 0.1) is 10.4 Å². The number of rotatable bonds is 4. The van der Waals surface area contributed by atoms with Gasteiger partial charge in [-0.3, -0.25) is 4.79 Å². The van der Waals surface area contributed by atoms with Crippen LogP contribution in [-0.4, -0.2) is 24.0 Å². The smallest absolute Gasteiger partial charge is 0.271 e. The first kappa shape index (κ1) is 16.4. The minimum atomic E-state index is -0.171. The average molecular weight is 410 g/mol. The molecule has 102 valence electrons. The Morgan fingerprint density at radius 3 is 2.95 bits per heavy atom. The summed E-state index contributed by atoms with van der Waals surface area (Å²) in [4.78, 5) is 16.9. The molecule has 0 saturated carbocycles. The Bertz CT molecular complexity index is 561. The SMILES string of the molecule is Cl.NCCNC(=O)c1ncsc1-c1cccc(I)c1. The number of hydrogen-bond donors (Lipinski definition) is 2. The maximum atomic E-state index is 11.9. The topological polar surface area (TPSA) is 68.0 Å². The molecule has 3 N–H and O–H groups in total. The second-order valence-corrected chi connectivity index (χ2v) is 5.69. The van der Waals surface area contributed by atoms with Crippen molar-refractivity contribution in [2.75, 3.05) is 13.1 Å². The molecule has 0 spiro atoms. The number of nitrogens with two attached hydrogens (primary N) is 1. The highest BCUT2D eigenvalue weighted by molar-refractivity contribution is 14.1. The van der Waals surface area contributed by atoms with Crippen LogP contribution in [0.4, 0.5) is 0 Å². The molecule has 7 heteroatoms. The lowest BCUT2D eigenvalue weighted by Gasteiger charge is -2.04. The summed E-state index contributed by atoms with van der Waals surface area (Å²) in [6.45, 7) is 0.885. The third kappa shape index (κ3) is 4.13. The van der Waals surface area contributed by atoms with Crippen molar-refractivity contribution in [2.24, 2.45) is 5.73 Å². The van der Waals surface area contributed by atoms with E-state index in [9.17, 15) is 4.79 Å². The van der Waals surface area contributed by atoms with Crippen LogP contribution in [0, 0.1) is 3.57 Å². The van der Waals surface area contributed by atoms with Crippen LogP contribution in [-0.2, 0) is 0 Å². The van der Waals surface area contributed by atoms with E-state index in [4.69, 9.17) is 5.73 Å². The molecular weight excluding hydrogens is 397 g/mol. The van der Waals surface area contributed by atoms with Gasteiger partial charge >= 0.3 is 0 Å². The third-order valence-electron chi connectivity index (χ3n) is 2.30. The Balaban J connectivity index is 0.00000180. The minimum absolute atomic E-state index is 0. The van der Waals surface area contributed by atoms with Crippen LogP contribution in [0.1, 0.15) is 10.5 Å². The summed E-state index contributed by atoms with van der Waals surface area (Å²) in [5.74, 6) is -0.171. The summed E-state index contributed by atoms with van der Waals surface area (Å²) in [6, 6.07) is 8.00. The lowest BCUT2D eigenvalue weighted by Crippen LogP contribution is -2.29. The third-order valence-corrected chi connectivity index (χ3v) is 3.85. The first-order valence-corrected chi connectivity index (χ1v) is 7.36. The molecule has 2 rings (SSSR count). The second kappa shape index (κ2) is 7.78. The van der Waals surface area contributed by atoms with E-state index in [-0.39, 0.29) is 18.3 Å². The zero-order chi connectivity index (χ0) is 13.0. The highest BCUT2D eigenvalue weighted by Gasteiger charge is 2.15. The van der Waals surface area contributed by atoms with Gasteiger partial charge in [0.2, 0.25) is 0 Å². The average Bonchev–Trinajstić information content (AvgIpc) is 2.85. The van der Waals surface area contributed by atoms with E-state index in [0.29, 0.717) is 18.8 Å². The number of halogens is 2. The molecule has 1 aromatic carbocycles. The first-order chi connectivity index (χ1) is 8.72. The number of hydrogen-bond acceptors (Lipinski definition) is 4. The van der Waals surface area contributed by atoms with Crippen molar-refractivity contribution in [3.05, 3.63) is 39.0 Å². The van der Waals surface area contributed by atoms with E-state index in [0.717, 1.165) is 14.0 Å². The fraction of sp³-hybridized carbons (Fsp3) is 0.167. The fourth-order valence-corrected chi connectivity index (χ4v) is 2.84. The largest absolute Gasteiger partial charge is 0.349 e. The highest BCUT2D eigenvalue weighted by atomic mass is 127. The number of carbonyl (C=O) groups excluding carboxylic acids is 1. The monoisotopic (exact) mass is 409 g/mol. The van der Waals surface area contributed by atoms with Gasteiger partial charge in [0.15, 0.2) is 0 Å². The van der Waals surface area contributed by atoms with Crippen LogP contribution in [0.25, 0.3) is 10.4 Å². The lowest BCUT2D eigenvalue weighted by atomic mass is 10.1. The highest BCUT2D eigenvalue weighted by Crippen LogP contribution is 2.28. The number of thiazole rings is 1. The molecule has 0 unspecified atom stereocenters. The normalized spacial score (nSPS) is 9.79. The maximum Gasteiger partial charge on any atom is 0.271 e. The Morgan fingerprint density at radius 2 is 2.26 bits per heavy atom. The number of amides is 1. The predicted octanol–water partition coefficient (Wildman–Crippen LogP) is 2.53. The molecule has 0 atom stereocenters. The number of benzene rings is 1. The lowest BCUT2D eigenvalue weighted by molar-refractivity contribution is 0.0951. The predicted molar refractivity (Wildman–Crippen MR) is 88.9 cm³/mol. The van der Waals surface area contributed by atoms with E-state index in [1.807, 2.05) is 24.3 Å². The van der Waals surface area contributed by atoms with Crippen molar-refractivity contribution in [3.8, 4) is 10.4 Å². The Labute approximate surface area is 135 Å². The maximum absolute atomic E-state index is 11.9. The van der Waals surface area contributed by atoms with E-state index in [1.165, 1.54) is 11.3 Å². The molecule has 0 fully saturated rings. The molecule has 0 aliphatic rings. The van der Waals surface area contributed by atoms with Crippen molar-refractivity contribution in [3.63, 3.8) is 0 Å². The zero-order valence-electron chi connectivity index (χ0n) is 9.93. The summed E-state index contributed by atoms with van der Waals surface area (Å²) in [7, 11) is 0. The molecule has 1 amide bonds. The Kier molecular flexibility index (Phi) is 6.70.